The van der Waals surface area contributed by atoms with Crippen molar-refractivity contribution in [1.82, 2.24) is 0 Å². The van der Waals surface area contributed by atoms with Crippen molar-refractivity contribution in [2.24, 2.45) is 0 Å². The van der Waals surface area contributed by atoms with Gasteiger partial charge in [0.2, 0.25) is 0 Å². The average Bonchev–Trinajstić information content (AvgIpc) is 2.85. The quantitative estimate of drug-likeness (QED) is 0.863. The standard InChI is InChI=1S/C15H16N2O2S/c1-11-5-7-13(8-6-11)20(18,19)17-10-9-12-3-2-4-14(16)15(12)17/h2-8H,9-10,16H2,1H3. The molecular weight excluding hydrogens is 272 g/mol. The molecule has 0 aromatic heterocycles. The minimum atomic E-state index is -3.54. The molecule has 1 aliphatic heterocycles. The van der Waals surface area contributed by atoms with Crippen LogP contribution in [0, 0.1) is 6.92 Å². The highest BCUT2D eigenvalue weighted by Crippen LogP contribution is 2.37. The van der Waals surface area contributed by atoms with Gasteiger partial charge >= 0.3 is 0 Å². The Hall–Kier alpha value is -2.01. The molecule has 20 heavy (non-hydrogen) atoms. The zero-order valence-corrected chi connectivity index (χ0v) is 12.0. The fourth-order valence-electron chi connectivity index (χ4n) is 2.53. The van der Waals surface area contributed by atoms with Crippen molar-refractivity contribution >= 4 is 21.4 Å². The van der Waals surface area contributed by atoms with Crippen LogP contribution in [-0.2, 0) is 16.4 Å². The highest BCUT2D eigenvalue weighted by atomic mass is 32.2. The van der Waals surface area contributed by atoms with Crippen LogP contribution in [0.3, 0.4) is 0 Å². The predicted octanol–water partition coefficient (Wildman–Crippen LogP) is 2.33. The van der Waals surface area contributed by atoms with E-state index in [9.17, 15) is 8.42 Å². The first kappa shape index (κ1) is 13.0. The third-order valence-electron chi connectivity index (χ3n) is 3.59. The van der Waals surface area contributed by atoms with E-state index < -0.39 is 10.0 Å². The van der Waals surface area contributed by atoms with Crippen molar-refractivity contribution in [2.45, 2.75) is 18.2 Å². The molecule has 1 heterocycles. The maximum Gasteiger partial charge on any atom is 0.264 e. The van der Waals surface area contributed by atoms with Crippen LogP contribution in [0.2, 0.25) is 0 Å². The van der Waals surface area contributed by atoms with Crippen LogP contribution >= 0.6 is 0 Å². The fraction of sp³-hybridized carbons (Fsp3) is 0.200. The monoisotopic (exact) mass is 288 g/mol. The summed E-state index contributed by atoms with van der Waals surface area (Å²) >= 11 is 0. The van der Waals surface area contributed by atoms with Crippen molar-refractivity contribution < 1.29 is 8.42 Å². The molecule has 0 atom stereocenters. The van der Waals surface area contributed by atoms with Crippen molar-refractivity contribution in [3.63, 3.8) is 0 Å². The van der Waals surface area contributed by atoms with Crippen LogP contribution in [-0.4, -0.2) is 15.0 Å². The number of fused-ring (bicyclic) bond motifs is 1. The first-order valence-corrected chi connectivity index (χ1v) is 7.91. The number of aryl methyl sites for hydroxylation is 1. The summed E-state index contributed by atoms with van der Waals surface area (Å²) < 4.78 is 26.9. The van der Waals surface area contributed by atoms with Crippen LogP contribution in [0.4, 0.5) is 11.4 Å². The molecule has 2 N–H and O–H groups in total. The first-order chi connectivity index (χ1) is 9.50. The van der Waals surface area contributed by atoms with Crippen LogP contribution in [0.15, 0.2) is 47.4 Å². The zero-order chi connectivity index (χ0) is 14.3. The number of nitrogen functional groups attached to an aromatic ring is 1. The molecule has 3 rings (SSSR count). The first-order valence-electron chi connectivity index (χ1n) is 6.47. The molecule has 0 radical (unpaired) electrons. The Balaban J connectivity index is 2.09. The van der Waals surface area contributed by atoms with Gasteiger partial charge in [-0.25, -0.2) is 8.42 Å². The summed E-state index contributed by atoms with van der Waals surface area (Å²) in [6, 6.07) is 12.4. The number of benzene rings is 2. The Morgan fingerprint density at radius 1 is 1.10 bits per heavy atom. The summed E-state index contributed by atoms with van der Waals surface area (Å²) in [7, 11) is -3.54. The molecule has 0 spiro atoms. The molecule has 0 saturated heterocycles. The van der Waals surface area contributed by atoms with Gasteiger partial charge in [-0.3, -0.25) is 4.31 Å². The van der Waals surface area contributed by atoms with Gasteiger partial charge in [0.05, 0.1) is 16.3 Å². The Kier molecular flexibility index (Phi) is 2.94. The molecule has 0 amide bonds. The summed E-state index contributed by atoms with van der Waals surface area (Å²) in [6.07, 6.45) is 0.700. The highest BCUT2D eigenvalue weighted by Gasteiger charge is 2.32. The van der Waals surface area contributed by atoms with Gasteiger partial charge in [-0.15, -0.1) is 0 Å². The molecule has 1 aliphatic rings. The number of anilines is 2. The second-order valence-corrected chi connectivity index (χ2v) is 6.86. The van der Waals surface area contributed by atoms with E-state index in [2.05, 4.69) is 0 Å². The number of rotatable bonds is 2. The molecule has 104 valence electrons. The lowest BCUT2D eigenvalue weighted by Gasteiger charge is -2.21. The Morgan fingerprint density at radius 3 is 2.50 bits per heavy atom. The van der Waals surface area contributed by atoms with E-state index in [4.69, 9.17) is 5.73 Å². The molecule has 0 saturated carbocycles. The third kappa shape index (κ3) is 1.94. The van der Waals surface area contributed by atoms with Gasteiger partial charge in [0.25, 0.3) is 10.0 Å². The minimum absolute atomic E-state index is 0.305. The van der Waals surface area contributed by atoms with Crippen LogP contribution in [0.25, 0.3) is 0 Å². The van der Waals surface area contributed by atoms with Crippen molar-refractivity contribution in [3.8, 4) is 0 Å². The maximum absolute atomic E-state index is 12.7. The molecular formula is C15H16N2O2S. The van der Waals surface area contributed by atoms with E-state index in [0.29, 0.717) is 29.2 Å². The summed E-state index contributed by atoms with van der Waals surface area (Å²) in [6.45, 7) is 2.37. The predicted molar refractivity (Wildman–Crippen MR) is 80.3 cm³/mol. The number of sulfonamides is 1. The molecule has 0 aliphatic carbocycles. The van der Waals surface area contributed by atoms with Gasteiger partial charge in [0.15, 0.2) is 0 Å². The van der Waals surface area contributed by atoms with Crippen molar-refractivity contribution in [1.29, 1.82) is 0 Å². The third-order valence-corrected chi connectivity index (χ3v) is 5.41. The summed E-state index contributed by atoms with van der Waals surface area (Å²) in [4.78, 5) is 0.305. The summed E-state index contributed by atoms with van der Waals surface area (Å²) in [5.74, 6) is 0. The van der Waals surface area contributed by atoms with Gasteiger partial charge in [-0.1, -0.05) is 29.8 Å². The Bertz CT molecular complexity index is 752. The molecule has 0 bridgehead atoms. The average molecular weight is 288 g/mol. The lowest BCUT2D eigenvalue weighted by atomic mass is 10.1. The SMILES string of the molecule is Cc1ccc(S(=O)(=O)N2CCc3cccc(N)c32)cc1. The van der Waals surface area contributed by atoms with Crippen molar-refractivity contribution in [2.75, 3.05) is 16.6 Å². The second-order valence-electron chi connectivity index (χ2n) is 5.00. The van der Waals surface area contributed by atoms with E-state index in [1.165, 1.54) is 4.31 Å². The van der Waals surface area contributed by atoms with Gasteiger partial charge < -0.3 is 5.73 Å². The molecule has 2 aromatic rings. The van der Waals surface area contributed by atoms with E-state index >= 15 is 0 Å². The summed E-state index contributed by atoms with van der Waals surface area (Å²) in [5, 5.41) is 0. The summed E-state index contributed by atoms with van der Waals surface area (Å²) in [5.41, 5.74) is 9.12. The molecule has 4 nitrogen and oxygen atoms in total. The Labute approximate surface area is 118 Å². The maximum atomic E-state index is 12.7. The molecule has 2 aromatic carbocycles. The van der Waals surface area contributed by atoms with Crippen LogP contribution < -0.4 is 10.0 Å². The smallest absolute Gasteiger partial charge is 0.264 e. The topological polar surface area (TPSA) is 63.4 Å². The number of hydrogen-bond donors (Lipinski definition) is 1. The minimum Gasteiger partial charge on any atom is -0.397 e. The molecule has 0 fully saturated rings. The van der Waals surface area contributed by atoms with Crippen LogP contribution in [0.1, 0.15) is 11.1 Å². The zero-order valence-electron chi connectivity index (χ0n) is 11.2. The normalized spacial score (nSPS) is 14.3. The fourth-order valence-corrected chi connectivity index (χ4v) is 4.06. The van der Waals surface area contributed by atoms with Gasteiger partial charge in [-0.05, 0) is 37.1 Å². The van der Waals surface area contributed by atoms with Crippen LogP contribution in [0.5, 0.6) is 0 Å². The highest BCUT2D eigenvalue weighted by molar-refractivity contribution is 7.92. The molecule has 5 heteroatoms. The number of nitrogens with two attached hydrogens (primary N) is 1. The van der Waals surface area contributed by atoms with Gasteiger partial charge in [-0.2, -0.15) is 0 Å². The van der Waals surface area contributed by atoms with E-state index in [-0.39, 0.29) is 0 Å². The molecule has 0 unspecified atom stereocenters. The lowest BCUT2D eigenvalue weighted by molar-refractivity contribution is 0.592. The second kappa shape index (κ2) is 4.52. The largest absolute Gasteiger partial charge is 0.397 e. The lowest BCUT2D eigenvalue weighted by Crippen LogP contribution is -2.29. The van der Waals surface area contributed by atoms with Crippen molar-refractivity contribution in [3.05, 3.63) is 53.6 Å². The van der Waals surface area contributed by atoms with Gasteiger partial charge in [0, 0.05) is 6.54 Å². The van der Waals surface area contributed by atoms with E-state index in [1.54, 1.807) is 30.3 Å². The Morgan fingerprint density at radius 2 is 1.80 bits per heavy atom. The van der Waals surface area contributed by atoms with E-state index in [0.717, 1.165) is 11.1 Å². The number of hydrogen-bond acceptors (Lipinski definition) is 3. The van der Waals surface area contributed by atoms with E-state index in [1.807, 2.05) is 19.1 Å². The number of para-hydroxylation sites is 1. The number of nitrogens with zero attached hydrogens (tertiary/aromatic N) is 1. The van der Waals surface area contributed by atoms with Gasteiger partial charge in [0.1, 0.15) is 0 Å².